The van der Waals surface area contributed by atoms with Crippen molar-refractivity contribution in [2.24, 2.45) is 5.92 Å². The van der Waals surface area contributed by atoms with Crippen LogP contribution in [0.25, 0.3) is 0 Å². The van der Waals surface area contributed by atoms with E-state index in [0.717, 1.165) is 12.0 Å². The van der Waals surface area contributed by atoms with Crippen molar-refractivity contribution < 1.29 is 18.7 Å². The normalized spacial score (nSPS) is 31.0. The average Bonchev–Trinajstić information content (AvgIpc) is 3.05. The van der Waals surface area contributed by atoms with Gasteiger partial charge in [0.1, 0.15) is 11.9 Å². The fraction of sp³-hybridized carbons (Fsp3) is 0.562. The maximum Gasteiger partial charge on any atom is 0.226 e. The van der Waals surface area contributed by atoms with Crippen molar-refractivity contribution in [1.82, 2.24) is 16.2 Å². The Morgan fingerprint density at radius 1 is 1.48 bits per heavy atom. The summed E-state index contributed by atoms with van der Waals surface area (Å²) in [5.41, 5.74) is 6.81. The number of carbonyl (C=O) groups is 1. The smallest absolute Gasteiger partial charge is 0.226 e. The number of carbonyl (C=O) groups excluding carboxylic acids is 1. The molecule has 0 aromatic heterocycles. The van der Waals surface area contributed by atoms with Crippen LogP contribution in [-0.2, 0) is 14.3 Å². The molecule has 2 fully saturated rings. The van der Waals surface area contributed by atoms with Gasteiger partial charge in [0.15, 0.2) is 0 Å². The molecule has 2 aliphatic heterocycles. The Morgan fingerprint density at radius 3 is 3.13 bits per heavy atom. The summed E-state index contributed by atoms with van der Waals surface area (Å²) in [6.45, 7) is 1.59. The van der Waals surface area contributed by atoms with E-state index in [0.29, 0.717) is 19.8 Å². The van der Waals surface area contributed by atoms with Gasteiger partial charge in [-0.15, -0.1) is 0 Å². The molecular formula is C16H22FN3O3. The molecule has 1 amide bonds. The summed E-state index contributed by atoms with van der Waals surface area (Å²) in [5.74, 6) is -0.679. The van der Waals surface area contributed by atoms with E-state index in [1.165, 1.54) is 12.1 Å². The van der Waals surface area contributed by atoms with Gasteiger partial charge >= 0.3 is 0 Å². The van der Waals surface area contributed by atoms with Gasteiger partial charge in [-0.05, 0) is 24.1 Å². The van der Waals surface area contributed by atoms with Gasteiger partial charge in [-0.1, -0.05) is 12.1 Å². The third kappa shape index (κ3) is 3.69. The van der Waals surface area contributed by atoms with Gasteiger partial charge in [-0.2, -0.15) is 0 Å². The molecule has 0 saturated carbocycles. The van der Waals surface area contributed by atoms with E-state index in [1.807, 2.05) is 6.07 Å². The van der Waals surface area contributed by atoms with Crippen molar-refractivity contribution in [3.63, 3.8) is 0 Å². The van der Waals surface area contributed by atoms with E-state index in [2.05, 4.69) is 16.2 Å². The molecule has 6 nitrogen and oxygen atoms in total. The Hall–Kier alpha value is -1.54. The minimum atomic E-state index is -0.308. The van der Waals surface area contributed by atoms with Crippen LogP contribution in [0, 0.1) is 11.7 Å². The Kier molecular flexibility index (Phi) is 5.22. The first-order valence-electron chi connectivity index (χ1n) is 7.84. The van der Waals surface area contributed by atoms with Gasteiger partial charge < -0.3 is 14.8 Å². The molecule has 23 heavy (non-hydrogen) atoms. The summed E-state index contributed by atoms with van der Waals surface area (Å²) < 4.78 is 24.2. The SMILES string of the molecule is CO[C@@H]1COCC[C@H]1NC(=O)C1CNNC1c1cccc(F)c1. The minimum Gasteiger partial charge on any atom is -0.379 e. The molecule has 2 saturated heterocycles. The summed E-state index contributed by atoms with van der Waals surface area (Å²) in [6.07, 6.45) is 0.588. The van der Waals surface area contributed by atoms with Crippen molar-refractivity contribution in [3.05, 3.63) is 35.6 Å². The monoisotopic (exact) mass is 323 g/mol. The number of methoxy groups -OCH3 is 1. The summed E-state index contributed by atoms with van der Waals surface area (Å²) in [4.78, 5) is 12.7. The molecule has 3 rings (SSSR count). The predicted molar refractivity (Wildman–Crippen MR) is 81.9 cm³/mol. The van der Waals surface area contributed by atoms with Gasteiger partial charge in [0, 0.05) is 20.3 Å². The molecule has 3 N–H and O–H groups in total. The second kappa shape index (κ2) is 7.35. The minimum absolute atomic E-state index is 0.0602. The third-order valence-electron chi connectivity index (χ3n) is 4.46. The highest BCUT2D eigenvalue weighted by Crippen LogP contribution is 2.26. The van der Waals surface area contributed by atoms with Crippen LogP contribution >= 0.6 is 0 Å². The number of hydrogen-bond donors (Lipinski definition) is 3. The van der Waals surface area contributed by atoms with E-state index >= 15 is 0 Å². The van der Waals surface area contributed by atoms with Crippen LogP contribution in [-0.4, -0.2) is 44.9 Å². The third-order valence-corrected chi connectivity index (χ3v) is 4.46. The highest BCUT2D eigenvalue weighted by Gasteiger charge is 2.36. The van der Waals surface area contributed by atoms with Crippen LogP contribution in [0.5, 0.6) is 0 Å². The quantitative estimate of drug-likeness (QED) is 0.753. The molecule has 1 aromatic carbocycles. The first-order valence-corrected chi connectivity index (χ1v) is 7.84. The number of hydrazine groups is 1. The van der Waals surface area contributed by atoms with Gasteiger partial charge in [0.05, 0.1) is 24.6 Å². The van der Waals surface area contributed by atoms with Crippen LogP contribution in [0.1, 0.15) is 18.0 Å². The molecule has 0 aliphatic carbocycles. The van der Waals surface area contributed by atoms with Crippen molar-refractivity contribution in [2.45, 2.75) is 24.6 Å². The van der Waals surface area contributed by atoms with Crippen LogP contribution in [0.3, 0.4) is 0 Å². The molecule has 126 valence electrons. The van der Waals surface area contributed by atoms with Crippen LogP contribution in [0.2, 0.25) is 0 Å². The zero-order valence-electron chi connectivity index (χ0n) is 13.0. The summed E-state index contributed by atoms with van der Waals surface area (Å²) in [6, 6.07) is 6.00. The number of hydrogen-bond acceptors (Lipinski definition) is 5. The van der Waals surface area contributed by atoms with Crippen molar-refractivity contribution >= 4 is 5.91 Å². The Morgan fingerprint density at radius 2 is 2.35 bits per heavy atom. The molecule has 0 radical (unpaired) electrons. The number of nitrogens with one attached hydrogen (secondary N) is 3. The first kappa shape index (κ1) is 16.3. The summed E-state index contributed by atoms with van der Waals surface area (Å²) in [5, 5.41) is 3.06. The first-order chi connectivity index (χ1) is 11.2. The fourth-order valence-electron chi connectivity index (χ4n) is 3.16. The maximum atomic E-state index is 13.4. The highest BCUT2D eigenvalue weighted by molar-refractivity contribution is 5.80. The fourth-order valence-corrected chi connectivity index (χ4v) is 3.16. The standard InChI is InChI=1S/C16H22FN3O3/c1-22-14-9-23-6-5-13(14)19-16(21)12-8-18-20-15(12)10-3-2-4-11(17)7-10/h2-4,7,12-15,18,20H,5-6,8-9H2,1H3,(H,19,21)/t12?,13-,14-,15?/m1/s1. The highest BCUT2D eigenvalue weighted by atomic mass is 19.1. The van der Waals surface area contributed by atoms with Gasteiger partial charge in [0.25, 0.3) is 0 Å². The zero-order chi connectivity index (χ0) is 16.2. The molecule has 0 bridgehead atoms. The number of ether oxygens (including phenoxy) is 2. The Bertz CT molecular complexity index is 557. The van der Waals surface area contributed by atoms with E-state index in [-0.39, 0.29) is 35.8 Å². The number of benzene rings is 1. The topological polar surface area (TPSA) is 71.6 Å². The predicted octanol–water partition coefficient (Wildman–Crippen LogP) is 0.511. The van der Waals surface area contributed by atoms with Crippen molar-refractivity contribution in [2.75, 3.05) is 26.9 Å². The van der Waals surface area contributed by atoms with E-state index in [4.69, 9.17) is 9.47 Å². The average molecular weight is 323 g/mol. The molecule has 0 spiro atoms. The largest absolute Gasteiger partial charge is 0.379 e. The number of amides is 1. The molecule has 1 aromatic rings. The number of halogens is 1. The Balaban J connectivity index is 1.68. The number of rotatable bonds is 4. The summed E-state index contributed by atoms with van der Waals surface area (Å²) >= 11 is 0. The molecule has 7 heteroatoms. The maximum absolute atomic E-state index is 13.4. The molecular weight excluding hydrogens is 301 g/mol. The molecule has 2 heterocycles. The lowest BCUT2D eigenvalue weighted by atomic mass is 9.93. The van der Waals surface area contributed by atoms with E-state index in [9.17, 15) is 9.18 Å². The van der Waals surface area contributed by atoms with Crippen molar-refractivity contribution in [3.8, 4) is 0 Å². The van der Waals surface area contributed by atoms with Crippen LogP contribution < -0.4 is 16.2 Å². The molecule has 2 unspecified atom stereocenters. The molecule has 2 aliphatic rings. The van der Waals surface area contributed by atoms with Gasteiger partial charge in [-0.25, -0.2) is 9.82 Å². The van der Waals surface area contributed by atoms with E-state index < -0.39 is 0 Å². The zero-order valence-corrected chi connectivity index (χ0v) is 13.0. The Labute approximate surface area is 134 Å². The van der Waals surface area contributed by atoms with Crippen LogP contribution in [0.4, 0.5) is 4.39 Å². The van der Waals surface area contributed by atoms with Crippen molar-refractivity contribution in [1.29, 1.82) is 0 Å². The summed E-state index contributed by atoms with van der Waals surface area (Å²) in [7, 11) is 1.62. The van der Waals surface area contributed by atoms with Gasteiger partial charge in [-0.3, -0.25) is 10.2 Å². The lowest BCUT2D eigenvalue weighted by Crippen LogP contribution is -2.51. The second-order valence-corrected chi connectivity index (χ2v) is 5.92. The second-order valence-electron chi connectivity index (χ2n) is 5.92. The van der Waals surface area contributed by atoms with Crippen LogP contribution in [0.15, 0.2) is 24.3 Å². The van der Waals surface area contributed by atoms with E-state index in [1.54, 1.807) is 13.2 Å². The van der Waals surface area contributed by atoms with Gasteiger partial charge in [0.2, 0.25) is 5.91 Å². The molecule has 4 atom stereocenters. The lowest BCUT2D eigenvalue weighted by Gasteiger charge is -2.32. The lowest BCUT2D eigenvalue weighted by molar-refractivity contribution is -0.129.